The Hall–Kier alpha value is -4.67. The van der Waals surface area contributed by atoms with Gasteiger partial charge in [0.15, 0.2) is 5.65 Å². The zero-order chi connectivity index (χ0) is 26.4. The molecule has 0 spiro atoms. The molecule has 1 aliphatic carbocycles. The van der Waals surface area contributed by atoms with Crippen LogP contribution in [0, 0.1) is 18.8 Å². The maximum absolute atomic E-state index is 12.8. The lowest BCUT2D eigenvalue weighted by Crippen LogP contribution is -2.28. The fraction of sp³-hybridized carbons (Fsp3) is 0.296. The summed E-state index contributed by atoms with van der Waals surface area (Å²) in [5, 5.41) is 8.38. The van der Waals surface area contributed by atoms with Gasteiger partial charge in [-0.1, -0.05) is 12.6 Å². The second-order valence-electron chi connectivity index (χ2n) is 9.90. The normalized spacial score (nSPS) is 20.4. The van der Waals surface area contributed by atoms with E-state index in [1.165, 1.54) is 18.6 Å². The number of carbonyl (C=O) groups is 2. The summed E-state index contributed by atoms with van der Waals surface area (Å²) in [4.78, 5) is 44.2. The van der Waals surface area contributed by atoms with E-state index in [2.05, 4.69) is 31.8 Å². The van der Waals surface area contributed by atoms with E-state index in [4.69, 9.17) is 10.8 Å². The second kappa shape index (κ2) is 9.33. The summed E-state index contributed by atoms with van der Waals surface area (Å²) in [5.74, 6) is 1.34. The van der Waals surface area contributed by atoms with E-state index in [9.17, 15) is 9.59 Å². The van der Waals surface area contributed by atoms with Crippen molar-refractivity contribution < 1.29 is 9.59 Å². The molecular weight excluding hydrogens is 482 g/mol. The van der Waals surface area contributed by atoms with Crippen LogP contribution in [0.4, 0.5) is 11.6 Å². The van der Waals surface area contributed by atoms with Crippen LogP contribution in [0.15, 0.2) is 55.6 Å². The van der Waals surface area contributed by atoms with Crippen LogP contribution in [0.3, 0.4) is 0 Å². The highest BCUT2D eigenvalue weighted by Crippen LogP contribution is 2.45. The average Bonchev–Trinajstić information content (AvgIpc) is 3.62. The summed E-state index contributed by atoms with van der Waals surface area (Å²) in [6, 6.07) is 7.28. The molecule has 192 valence electrons. The molecule has 11 heteroatoms. The van der Waals surface area contributed by atoms with Gasteiger partial charge in [0.1, 0.15) is 23.7 Å². The summed E-state index contributed by atoms with van der Waals surface area (Å²) in [6.07, 6.45) is 7.76. The predicted molar refractivity (Wildman–Crippen MR) is 142 cm³/mol. The number of pyridine rings is 2. The maximum Gasteiger partial charge on any atom is 0.258 e. The number of nitrogen functional groups attached to an aromatic ring is 1. The third kappa shape index (κ3) is 4.05. The van der Waals surface area contributed by atoms with Crippen molar-refractivity contribution in [3.8, 4) is 11.4 Å². The maximum atomic E-state index is 12.8. The van der Waals surface area contributed by atoms with Gasteiger partial charge >= 0.3 is 0 Å². The highest BCUT2D eigenvalue weighted by Gasteiger charge is 2.43. The van der Waals surface area contributed by atoms with Crippen LogP contribution in [0.2, 0.25) is 0 Å². The van der Waals surface area contributed by atoms with Crippen LogP contribution < -0.4 is 11.1 Å². The molecule has 0 bridgehead atoms. The smallest absolute Gasteiger partial charge is 0.258 e. The largest absolute Gasteiger partial charge is 0.383 e. The number of fused-ring (bicyclic) bond motifs is 2. The highest BCUT2D eigenvalue weighted by atomic mass is 16.2. The lowest BCUT2D eigenvalue weighted by molar-refractivity contribution is -0.125. The number of nitrogens with two attached hydrogens (primary N) is 1. The van der Waals surface area contributed by atoms with Crippen molar-refractivity contribution in [1.29, 1.82) is 0 Å². The Morgan fingerprint density at radius 3 is 2.58 bits per heavy atom. The van der Waals surface area contributed by atoms with Crippen LogP contribution in [0.25, 0.3) is 22.4 Å². The molecule has 1 aliphatic heterocycles. The molecule has 2 amide bonds. The van der Waals surface area contributed by atoms with E-state index in [-0.39, 0.29) is 17.9 Å². The van der Waals surface area contributed by atoms with Crippen molar-refractivity contribution in [2.45, 2.75) is 25.8 Å². The van der Waals surface area contributed by atoms with Crippen molar-refractivity contribution in [3.63, 3.8) is 0 Å². The van der Waals surface area contributed by atoms with E-state index < -0.39 is 0 Å². The fourth-order valence-electron chi connectivity index (χ4n) is 5.67. The molecule has 2 fully saturated rings. The van der Waals surface area contributed by atoms with Crippen LogP contribution in [0.1, 0.15) is 34.8 Å². The van der Waals surface area contributed by atoms with Crippen molar-refractivity contribution in [2.75, 3.05) is 24.1 Å². The van der Waals surface area contributed by atoms with E-state index >= 15 is 0 Å². The Labute approximate surface area is 218 Å². The van der Waals surface area contributed by atoms with Gasteiger partial charge < -0.3 is 16.0 Å². The Kier molecular flexibility index (Phi) is 5.82. The third-order valence-corrected chi connectivity index (χ3v) is 7.59. The minimum Gasteiger partial charge on any atom is -0.383 e. The first-order valence-electron chi connectivity index (χ1n) is 12.5. The molecule has 2 aliphatic rings. The molecule has 2 unspecified atom stereocenters. The van der Waals surface area contributed by atoms with Crippen LogP contribution in [0.5, 0.6) is 0 Å². The number of rotatable bonds is 5. The van der Waals surface area contributed by atoms with Gasteiger partial charge in [-0.2, -0.15) is 5.10 Å². The molecule has 3 N–H and O–H groups in total. The summed E-state index contributed by atoms with van der Waals surface area (Å²) < 4.78 is 1.94. The monoisotopic (exact) mass is 509 g/mol. The number of carbonyl (C=O) groups excluding carboxylic acids is 2. The van der Waals surface area contributed by atoms with Gasteiger partial charge in [0.2, 0.25) is 5.91 Å². The van der Waals surface area contributed by atoms with Crippen LogP contribution in [-0.2, 0) is 4.79 Å². The van der Waals surface area contributed by atoms with E-state index in [0.717, 1.165) is 31.5 Å². The quantitative estimate of drug-likeness (QED) is 0.391. The Morgan fingerprint density at radius 2 is 1.89 bits per heavy atom. The highest BCUT2D eigenvalue weighted by molar-refractivity contribution is 6.04. The molecule has 2 atom stereocenters. The molecule has 11 nitrogen and oxygen atoms in total. The van der Waals surface area contributed by atoms with Crippen molar-refractivity contribution in [2.24, 2.45) is 11.8 Å². The molecule has 1 saturated carbocycles. The zero-order valence-electron chi connectivity index (χ0n) is 20.9. The summed E-state index contributed by atoms with van der Waals surface area (Å²) in [7, 11) is 0. The number of aryl methyl sites for hydroxylation is 1. The van der Waals surface area contributed by atoms with Gasteiger partial charge in [0.25, 0.3) is 5.91 Å². The molecule has 0 radical (unpaired) electrons. The Balaban J connectivity index is 1.27. The molecule has 0 aromatic carbocycles. The van der Waals surface area contributed by atoms with E-state index in [0.29, 0.717) is 51.5 Å². The minimum atomic E-state index is -0.300. The Bertz CT molecular complexity index is 1550. The van der Waals surface area contributed by atoms with Gasteiger partial charge in [-0.3, -0.25) is 14.6 Å². The lowest BCUT2D eigenvalue weighted by Gasteiger charge is -2.18. The van der Waals surface area contributed by atoms with Gasteiger partial charge in [-0.15, -0.1) is 0 Å². The molecule has 4 aromatic rings. The summed E-state index contributed by atoms with van der Waals surface area (Å²) in [6.45, 7) is 6.96. The summed E-state index contributed by atoms with van der Waals surface area (Å²) in [5.41, 5.74) is 9.36. The van der Waals surface area contributed by atoms with Crippen molar-refractivity contribution in [3.05, 3.63) is 66.8 Å². The molecular formula is C27H27N9O2. The summed E-state index contributed by atoms with van der Waals surface area (Å²) >= 11 is 0. The fourth-order valence-corrected chi connectivity index (χ4v) is 5.67. The Morgan fingerprint density at radius 1 is 1.11 bits per heavy atom. The molecule has 5 heterocycles. The number of nitrogens with one attached hydrogen (secondary N) is 1. The topological polar surface area (TPSA) is 145 Å². The zero-order valence-corrected chi connectivity index (χ0v) is 20.9. The first-order chi connectivity index (χ1) is 18.4. The van der Waals surface area contributed by atoms with Gasteiger partial charge in [0, 0.05) is 25.5 Å². The number of aromatic nitrogens is 6. The predicted octanol–water partition coefficient (Wildman–Crippen LogP) is 3.02. The molecule has 6 rings (SSSR count). The minimum absolute atomic E-state index is 0.0124. The SMILES string of the molecule is C=CC(=O)N1CC2CC(n3nc(-c4ccc(C(=O)Nc5ncccc5C)cn4)c4c(N)ncnc43)CC2C1. The number of hydrogen-bond acceptors (Lipinski definition) is 8. The second-order valence-corrected chi connectivity index (χ2v) is 9.90. The molecule has 1 saturated heterocycles. The van der Waals surface area contributed by atoms with E-state index in [1.807, 2.05) is 28.6 Å². The number of anilines is 2. The van der Waals surface area contributed by atoms with Gasteiger partial charge in [-0.05, 0) is 61.4 Å². The molecule has 4 aromatic heterocycles. The molecule has 38 heavy (non-hydrogen) atoms. The number of hydrogen-bond donors (Lipinski definition) is 2. The van der Waals surface area contributed by atoms with Gasteiger partial charge in [-0.25, -0.2) is 19.6 Å². The third-order valence-electron chi connectivity index (χ3n) is 7.59. The van der Waals surface area contributed by atoms with E-state index in [1.54, 1.807) is 18.3 Å². The average molecular weight is 510 g/mol. The first-order valence-corrected chi connectivity index (χ1v) is 12.5. The van der Waals surface area contributed by atoms with Crippen molar-refractivity contribution >= 4 is 34.5 Å². The van der Waals surface area contributed by atoms with Crippen LogP contribution in [-0.4, -0.2) is 59.5 Å². The number of likely N-dealkylation sites (tertiary alicyclic amines) is 1. The van der Waals surface area contributed by atoms with Gasteiger partial charge in [0.05, 0.1) is 22.7 Å². The standard InChI is InChI=1S/C27H27N9O2/c1-3-21(37)35-12-17-9-19(10-18(17)13-35)36-26-22(24(28)31-14-32-26)23(34-36)20-7-6-16(11-30-20)27(38)33-25-15(2)5-4-8-29-25/h3-8,11,14,17-19H,1,9-10,12-13H2,2H3,(H2,28,31,32)(H,29,33,38). The van der Waals surface area contributed by atoms with Crippen LogP contribution >= 0.6 is 0 Å². The number of amides is 2. The lowest BCUT2D eigenvalue weighted by atomic mass is 10.0. The number of nitrogens with zero attached hydrogens (tertiary/aromatic N) is 7. The van der Waals surface area contributed by atoms with Crippen molar-refractivity contribution in [1.82, 2.24) is 34.6 Å². The first kappa shape index (κ1) is 23.7.